The zero-order valence-corrected chi connectivity index (χ0v) is 14.7. The Labute approximate surface area is 146 Å². The minimum atomic E-state index is -1.01. The summed E-state index contributed by atoms with van der Waals surface area (Å²) in [6, 6.07) is 13.3. The number of nitrogens with zero attached hydrogens (tertiary/aromatic N) is 1. The molecular weight excluding hydrogens is 376 g/mol. The molecule has 1 fully saturated rings. The van der Waals surface area contributed by atoms with Gasteiger partial charge >= 0.3 is 0 Å². The number of hydrogen-bond acceptors (Lipinski definition) is 3. The second-order valence-corrected chi connectivity index (χ2v) is 7.62. The molecule has 2 heterocycles. The summed E-state index contributed by atoms with van der Waals surface area (Å²) in [5, 5.41) is 2.91. The zero-order valence-electron chi connectivity index (χ0n) is 12.3. The van der Waals surface area contributed by atoms with Gasteiger partial charge in [-0.25, -0.2) is 0 Å². The Morgan fingerprint density at radius 2 is 2.00 bits per heavy atom. The van der Waals surface area contributed by atoms with Crippen molar-refractivity contribution >= 4 is 50.9 Å². The lowest BCUT2D eigenvalue weighted by Gasteiger charge is -2.32. The number of benzene rings is 2. The highest BCUT2D eigenvalue weighted by molar-refractivity contribution is 9.10. The number of carbonyl (C=O) groups excluding carboxylic acids is 2. The van der Waals surface area contributed by atoms with Gasteiger partial charge in [0, 0.05) is 21.4 Å². The molecule has 2 aliphatic rings. The van der Waals surface area contributed by atoms with Crippen molar-refractivity contribution < 1.29 is 9.59 Å². The molecule has 0 radical (unpaired) electrons. The Morgan fingerprint density at radius 3 is 2.78 bits per heavy atom. The van der Waals surface area contributed by atoms with Crippen LogP contribution < -0.4 is 10.2 Å². The largest absolute Gasteiger partial charge is 0.323 e. The third-order valence-electron chi connectivity index (χ3n) is 4.23. The summed E-state index contributed by atoms with van der Waals surface area (Å²) in [6.45, 7) is 1.99. The predicted octanol–water partition coefficient (Wildman–Crippen LogP) is 3.64. The van der Waals surface area contributed by atoms with E-state index in [0.29, 0.717) is 0 Å². The van der Waals surface area contributed by atoms with Crippen LogP contribution in [0.1, 0.15) is 11.1 Å². The Bertz CT molecular complexity index is 854. The van der Waals surface area contributed by atoms with Crippen LogP contribution in [0.15, 0.2) is 46.9 Å². The van der Waals surface area contributed by atoms with E-state index in [1.807, 2.05) is 49.4 Å². The van der Waals surface area contributed by atoms with E-state index in [9.17, 15) is 9.59 Å². The van der Waals surface area contributed by atoms with Crippen LogP contribution in [0.5, 0.6) is 0 Å². The van der Waals surface area contributed by atoms with Gasteiger partial charge in [0.05, 0.1) is 5.75 Å². The normalized spacial score (nSPS) is 22.6. The molecule has 1 atom stereocenters. The number of aryl methyl sites for hydroxylation is 1. The Hall–Kier alpha value is -1.79. The van der Waals surface area contributed by atoms with Gasteiger partial charge in [-0.15, -0.1) is 11.8 Å². The number of halogens is 1. The molecule has 2 aliphatic heterocycles. The fourth-order valence-electron chi connectivity index (χ4n) is 3.10. The van der Waals surface area contributed by atoms with Gasteiger partial charge in [0.2, 0.25) is 10.8 Å². The van der Waals surface area contributed by atoms with Gasteiger partial charge < -0.3 is 5.32 Å². The Kier molecular flexibility index (Phi) is 3.28. The predicted molar refractivity (Wildman–Crippen MR) is 95.6 cm³/mol. The van der Waals surface area contributed by atoms with Crippen molar-refractivity contribution in [2.45, 2.75) is 11.8 Å². The molecule has 2 amide bonds. The van der Waals surface area contributed by atoms with E-state index < -0.39 is 4.87 Å². The number of rotatable bonds is 1. The molecule has 1 saturated heterocycles. The minimum Gasteiger partial charge on any atom is -0.323 e. The zero-order chi connectivity index (χ0) is 16.2. The van der Waals surface area contributed by atoms with Crippen molar-refractivity contribution in [1.29, 1.82) is 0 Å². The minimum absolute atomic E-state index is 0.0578. The number of hydrogen-bond donors (Lipinski definition) is 1. The lowest BCUT2D eigenvalue weighted by Crippen LogP contribution is -2.47. The maximum atomic E-state index is 12.8. The van der Waals surface area contributed by atoms with Gasteiger partial charge in [-0.1, -0.05) is 40.2 Å². The average molecular weight is 389 g/mol. The smallest absolute Gasteiger partial charge is 0.266 e. The van der Waals surface area contributed by atoms with E-state index >= 15 is 0 Å². The molecular formula is C17H13BrN2O2S. The third-order valence-corrected chi connectivity index (χ3v) is 6.48. The highest BCUT2D eigenvalue weighted by Gasteiger charge is 2.58. The van der Waals surface area contributed by atoms with E-state index in [2.05, 4.69) is 21.2 Å². The van der Waals surface area contributed by atoms with Crippen LogP contribution in [-0.4, -0.2) is 17.6 Å². The second-order valence-electron chi connectivity index (χ2n) is 5.60. The first-order valence-electron chi connectivity index (χ1n) is 7.18. The highest BCUT2D eigenvalue weighted by atomic mass is 79.9. The molecule has 4 rings (SSSR count). The molecule has 0 aliphatic carbocycles. The van der Waals surface area contributed by atoms with Crippen molar-refractivity contribution in [3.05, 3.63) is 58.1 Å². The standard InChI is InChI=1S/C17H13BrN2O2S/c1-10-6-7-11(8-13(10)18)20-15(21)9-23-17(20)12-4-2-3-5-14(12)19-16(17)22/h2-8H,9H2,1H3,(H,19,22)/t17-/m0/s1. The number of nitrogens with one attached hydrogen (secondary N) is 1. The molecule has 0 aromatic heterocycles. The van der Waals surface area contributed by atoms with Gasteiger partial charge in [0.1, 0.15) is 0 Å². The first-order chi connectivity index (χ1) is 11.0. The highest BCUT2D eigenvalue weighted by Crippen LogP contribution is 2.53. The number of fused-ring (bicyclic) bond motifs is 2. The molecule has 0 bridgehead atoms. The molecule has 1 spiro atoms. The fraction of sp³-hybridized carbons (Fsp3) is 0.176. The quantitative estimate of drug-likeness (QED) is 0.810. The van der Waals surface area contributed by atoms with E-state index in [-0.39, 0.29) is 17.6 Å². The first-order valence-corrected chi connectivity index (χ1v) is 8.96. The summed E-state index contributed by atoms with van der Waals surface area (Å²) in [5.74, 6) is 0.0663. The summed E-state index contributed by atoms with van der Waals surface area (Å²) in [6.07, 6.45) is 0. The second kappa shape index (κ2) is 5.11. The first kappa shape index (κ1) is 14.8. The Balaban J connectivity index is 1.93. The van der Waals surface area contributed by atoms with E-state index in [1.54, 1.807) is 4.90 Å². The number of amides is 2. The molecule has 116 valence electrons. The van der Waals surface area contributed by atoms with Gasteiger partial charge in [0.25, 0.3) is 5.91 Å². The molecule has 2 aromatic carbocycles. The Morgan fingerprint density at radius 1 is 1.22 bits per heavy atom. The van der Waals surface area contributed by atoms with Gasteiger partial charge in [-0.2, -0.15) is 0 Å². The molecule has 6 heteroatoms. The van der Waals surface area contributed by atoms with Crippen LogP contribution >= 0.6 is 27.7 Å². The van der Waals surface area contributed by atoms with Crippen LogP contribution in [0, 0.1) is 6.92 Å². The number of anilines is 2. The summed E-state index contributed by atoms with van der Waals surface area (Å²) < 4.78 is 0.918. The van der Waals surface area contributed by atoms with Gasteiger partial charge in [0.15, 0.2) is 0 Å². The van der Waals surface area contributed by atoms with E-state index in [4.69, 9.17) is 0 Å². The molecule has 4 nitrogen and oxygen atoms in total. The van der Waals surface area contributed by atoms with Crippen molar-refractivity contribution in [1.82, 2.24) is 0 Å². The van der Waals surface area contributed by atoms with Crippen molar-refractivity contribution in [3.8, 4) is 0 Å². The third kappa shape index (κ3) is 1.98. The number of thioether (sulfide) groups is 1. The number of para-hydroxylation sites is 1. The SMILES string of the molecule is Cc1ccc(N2C(=O)CS[C@@]23C(=O)Nc2ccccc23)cc1Br. The van der Waals surface area contributed by atoms with Crippen LogP contribution in [-0.2, 0) is 14.5 Å². The van der Waals surface area contributed by atoms with Crippen molar-refractivity contribution in [2.75, 3.05) is 16.0 Å². The molecule has 1 N–H and O–H groups in total. The topological polar surface area (TPSA) is 49.4 Å². The van der Waals surface area contributed by atoms with Crippen LogP contribution in [0.4, 0.5) is 11.4 Å². The van der Waals surface area contributed by atoms with Crippen molar-refractivity contribution in [3.63, 3.8) is 0 Å². The lowest BCUT2D eigenvalue weighted by atomic mass is 10.0. The van der Waals surface area contributed by atoms with Gasteiger partial charge in [-0.05, 0) is 30.7 Å². The number of carbonyl (C=O) groups is 2. The van der Waals surface area contributed by atoms with Gasteiger partial charge in [-0.3, -0.25) is 14.5 Å². The molecule has 2 aromatic rings. The van der Waals surface area contributed by atoms with E-state index in [0.717, 1.165) is 27.0 Å². The van der Waals surface area contributed by atoms with Crippen LogP contribution in [0.3, 0.4) is 0 Å². The molecule has 23 heavy (non-hydrogen) atoms. The van der Waals surface area contributed by atoms with Crippen LogP contribution in [0.2, 0.25) is 0 Å². The van der Waals surface area contributed by atoms with Crippen molar-refractivity contribution in [2.24, 2.45) is 0 Å². The maximum Gasteiger partial charge on any atom is 0.266 e. The molecule has 0 unspecified atom stereocenters. The molecule has 0 saturated carbocycles. The summed E-state index contributed by atoms with van der Waals surface area (Å²) in [4.78, 5) is 26.0. The fourth-order valence-corrected chi connectivity index (χ4v) is 4.78. The lowest BCUT2D eigenvalue weighted by molar-refractivity contribution is -0.122. The summed E-state index contributed by atoms with van der Waals surface area (Å²) in [7, 11) is 0. The summed E-state index contributed by atoms with van der Waals surface area (Å²) >= 11 is 4.88. The van der Waals surface area contributed by atoms with E-state index in [1.165, 1.54) is 11.8 Å². The average Bonchev–Trinajstić information content (AvgIpc) is 3.02. The maximum absolute atomic E-state index is 12.8. The summed E-state index contributed by atoms with van der Waals surface area (Å²) in [5.41, 5.74) is 3.43. The van der Waals surface area contributed by atoms with Crippen LogP contribution in [0.25, 0.3) is 0 Å². The monoisotopic (exact) mass is 388 g/mol.